The van der Waals surface area contributed by atoms with Crippen molar-refractivity contribution >= 4 is 50.7 Å². The number of hydrogen-bond acceptors (Lipinski definition) is 3. The molecule has 1 unspecified atom stereocenters. The summed E-state index contributed by atoms with van der Waals surface area (Å²) in [5, 5.41) is 0.389. The van der Waals surface area contributed by atoms with Gasteiger partial charge in [0.05, 0.1) is 9.50 Å². The second-order valence-electron chi connectivity index (χ2n) is 6.50. The molecule has 6 heteroatoms. The standard InChI is InChI=1S/C19H17BrCl2O3/c1-19(2,3)17(24)18(22)25-15-9-8-11(10-13(15)20)16(23)12-6-4-5-7-14(12)21/h4-10,18H,1-3H3. The van der Waals surface area contributed by atoms with Crippen molar-refractivity contribution in [1.29, 1.82) is 0 Å². The van der Waals surface area contributed by atoms with E-state index in [0.717, 1.165) is 0 Å². The molecule has 0 N–H and O–H groups in total. The van der Waals surface area contributed by atoms with Crippen LogP contribution in [0.4, 0.5) is 0 Å². The number of carbonyl (C=O) groups excluding carboxylic acids is 2. The molecule has 0 amide bonds. The summed E-state index contributed by atoms with van der Waals surface area (Å²) in [7, 11) is 0. The summed E-state index contributed by atoms with van der Waals surface area (Å²) in [6.07, 6.45) is 0. The second kappa shape index (κ2) is 7.90. The van der Waals surface area contributed by atoms with Crippen molar-refractivity contribution in [3.63, 3.8) is 0 Å². The zero-order valence-corrected chi connectivity index (χ0v) is 17.1. The highest BCUT2D eigenvalue weighted by molar-refractivity contribution is 9.10. The number of halogens is 3. The molecule has 3 nitrogen and oxygen atoms in total. The van der Waals surface area contributed by atoms with Gasteiger partial charge in [-0.1, -0.05) is 56.1 Å². The molecule has 0 aliphatic rings. The molecule has 25 heavy (non-hydrogen) atoms. The van der Waals surface area contributed by atoms with Gasteiger partial charge in [0.2, 0.25) is 5.56 Å². The lowest BCUT2D eigenvalue weighted by Crippen LogP contribution is -2.32. The number of benzene rings is 2. The van der Waals surface area contributed by atoms with E-state index in [2.05, 4.69) is 15.9 Å². The van der Waals surface area contributed by atoms with Gasteiger partial charge in [0.15, 0.2) is 11.6 Å². The molecular weight excluding hydrogens is 427 g/mol. The third-order valence-corrected chi connectivity index (χ3v) is 4.72. The number of ether oxygens (including phenoxy) is 1. The van der Waals surface area contributed by atoms with E-state index < -0.39 is 11.0 Å². The molecule has 132 valence electrons. The van der Waals surface area contributed by atoms with E-state index in [1.165, 1.54) is 0 Å². The topological polar surface area (TPSA) is 43.4 Å². The van der Waals surface area contributed by atoms with Gasteiger partial charge >= 0.3 is 0 Å². The normalized spacial score (nSPS) is 12.6. The van der Waals surface area contributed by atoms with Crippen LogP contribution in [0.1, 0.15) is 36.7 Å². The number of rotatable bonds is 5. The first-order chi connectivity index (χ1) is 11.6. The molecule has 0 saturated carbocycles. The molecule has 0 saturated heterocycles. The van der Waals surface area contributed by atoms with Crippen LogP contribution in [0.5, 0.6) is 5.75 Å². The molecule has 0 aromatic heterocycles. The van der Waals surface area contributed by atoms with Crippen LogP contribution < -0.4 is 4.74 Å². The molecule has 0 bridgehead atoms. The van der Waals surface area contributed by atoms with Crippen molar-refractivity contribution in [2.45, 2.75) is 26.3 Å². The van der Waals surface area contributed by atoms with Gasteiger partial charge in [-0.25, -0.2) is 0 Å². The van der Waals surface area contributed by atoms with Crippen LogP contribution in [0, 0.1) is 5.41 Å². The summed E-state index contributed by atoms with van der Waals surface area (Å²) in [4.78, 5) is 24.7. The van der Waals surface area contributed by atoms with Crippen LogP contribution in [0.3, 0.4) is 0 Å². The van der Waals surface area contributed by atoms with Crippen molar-refractivity contribution < 1.29 is 14.3 Å². The van der Waals surface area contributed by atoms with Crippen LogP contribution in [0.2, 0.25) is 5.02 Å². The predicted molar refractivity (Wildman–Crippen MR) is 104 cm³/mol. The largest absolute Gasteiger partial charge is 0.466 e. The molecule has 0 aliphatic carbocycles. The van der Waals surface area contributed by atoms with E-state index in [0.29, 0.717) is 26.4 Å². The maximum Gasteiger partial charge on any atom is 0.230 e. The van der Waals surface area contributed by atoms with Gasteiger partial charge in [0.1, 0.15) is 5.75 Å². The Morgan fingerprint density at radius 2 is 1.76 bits per heavy atom. The number of alkyl halides is 1. The van der Waals surface area contributed by atoms with Crippen LogP contribution in [-0.4, -0.2) is 17.1 Å². The number of hydrogen-bond donors (Lipinski definition) is 0. The Bertz CT molecular complexity index is 813. The Labute approximate surface area is 165 Å². The van der Waals surface area contributed by atoms with Gasteiger partial charge in [0.25, 0.3) is 0 Å². The lowest BCUT2D eigenvalue weighted by Gasteiger charge is -2.21. The number of carbonyl (C=O) groups is 2. The highest BCUT2D eigenvalue weighted by Crippen LogP contribution is 2.31. The minimum Gasteiger partial charge on any atom is -0.466 e. The van der Waals surface area contributed by atoms with Crippen LogP contribution in [0.25, 0.3) is 0 Å². The minimum absolute atomic E-state index is 0.203. The number of Topliss-reactive ketones (excluding diaryl/α,β-unsaturated/α-hetero) is 1. The molecule has 0 fully saturated rings. The van der Waals surface area contributed by atoms with Crippen molar-refractivity contribution in [3.8, 4) is 5.75 Å². The molecule has 2 aromatic carbocycles. The van der Waals surface area contributed by atoms with Gasteiger partial charge in [-0.05, 0) is 46.3 Å². The first-order valence-electron chi connectivity index (χ1n) is 7.55. The molecule has 0 aliphatic heterocycles. The SMILES string of the molecule is CC(C)(C)C(=O)C(Cl)Oc1ccc(C(=O)c2ccccc2Cl)cc1Br. The molecule has 1 atom stereocenters. The quantitative estimate of drug-likeness (QED) is 0.427. The van der Waals surface area contributed by atoms with E-state index in [4.69, 9.17) is 27.9 Å². The lowest BCUT2D eigenvalue weighted by molar-refractivity contribution is -0.130. The Hall–Kier alpha value is -1.36. The van der Waals surface area contributed by atoms with Crippen LogP contribution in [0.15, 0.2) is 46.9 Å². The first-order valence-corrected chi connectivity index (χ1v) is 9.16. The van der Waals surface area contributed by atoms with Gasteiger partial charge in [0, 0.05) is 16.5 Å². The number of ketones is 2. The van der Waals surface area contributed by atoms with Crippen molar-refractivity contribution in [2.24, 2.45) is 5.41 Å². The Kier molecular flexibility index (Phi) is 6.30. The van der Waals surface area contributed by atoms with Crippen molar-refractivity contribution in [3.05, 3.63) is 63.1 Å². The third-order valence-electron chi connectivity index (χ3n) is 3.49. The zero-order chi connectivity index (χ0) is 18.8. The fraction of sp³-hybridized carbons (Fsp3) is 0.263. The zero-order valence-electron chi connectivity index (χ0n) is 14.0. The Morgan fingerprint density at radius 1 is 1.12 bits per heavy atom. The Balaban J connectivity index is 2.23. The van der Waals surface area contributed by atoms with Gasteiger partial charge in [-0.15, -0.1) is 0 Å². The highest BCUT2D eigenvalue weighted by atomic mass is 79.9. The molecule has 2 aromatic rings. The minimum atomic E-state index is -1.11. The second-order valence-corrected chi connectivity index (χ2v) is 8.16. The summed E-state index contributed by atoms with van der Waals surface area (Å²) in [6, 6.07) is 11.7. The van der Waals surface area contributed by atoms with Crippen molar-refractivity contribution in [2.75, 3.05) is 0 Å². The molecule has 0 heterocycles. The smallest absolute Gasteiger partial charge is 0.230 e. The van der Waals surface area contributed by atoms with E-state index in [1.807, 2.05) is 0 Å². The summed E-state index contributed by atoms with van der Waals surface area (Å²) < 4.78 is 6.05. The fourth-order valence-electron chi connectivity index (χ4n) is 2.04. The lowest BCUT2D eigenvalue weighted by atomic mass is 9.91. The highest BCUT2D eigenvalue weighted by Gasteiger charge is 2.30. The predicted octanol–water partition coefficient (Wildman–Crippen LogP) is 5.89. The molecular formula is C19H17BrCl2O3. The monoisotopic (exact) mass is 442 g/mol. The van der Waals surface area contributed by atoms with Crippen LogP contribution >= 0.6 is 39.1 Å². The molecule has 0 spiro atoms. The van der Waals surface area contributed by atoms with Crippen LogP contribution in [-0.2, 0) is 4.79 Å². The summed E-state index contributed by atoms with van der Waals surface area (Å²) >= 11 is 15.5. The molecule has 2 rings (SSSR count). The van der Waals surface area contributed by atoms with Gasteiger partial charge in [-0.2, -0.15) is 0 Å². The summed E-state index contributed by atoms with van der Waals surface area (Å²) in [5.41, 5.74) is -0.858. The maximum absolute atomic E-state index is 12.6. The average molecular weight is 444 g/mol. The third kappa shape index (κ3) is 4.84. The Morgan fingerprint density at radius 3 is 2.32 bits per heavy atom. The first kappa shape index (κ1) is 20.0. The fourth-order valence-corrected chi connectivity index (χ4v) is 3.16. The maximum atomic E-state index is 12.6. The summed E-state index contributed by atoms with van der Waals surface area (Å²) in [6.45, 7) is 5.32. The van der Waals surface area contributed by atoms with E-state index in [1.54, 1.807) is 63.2 Å². The van der Waals surface area contributed by atoms with E-state index >= 15 is 0 Å². The van der Waals surface area contributed by atoms with E-state index in [-0.39, 0.29) is 11.6 Å². The molecule has 0 radical (unpaired) electrons. The van der Waals surface area contributed by atoms with E-state index in [9.17, 15) is 9.59 Å². The average Bonchev–Trinajstić information content (AvgIpc) is 2.54. The van der Waals surface area contributed by atoms with Crippen molar-refractivity contribution in [1.82, 2.24) is 0 Å². The van der Waals surface area contributed by atoms with Gasteiger partial charge in [-0.3, -0.25) is 9.59 Å². The van der Waals surface area contributed by atoms with Gasteiger partial charge < -0.3 is 4.74 Å². The summed E-state index contributed by atoms with van der Waals surface area (Å²) in [5.74, 6) is -0.0448.